The van der Waals surface area contributed by atoms with Crippen LogP contribution in [0.3, 0.4) is 0 Å². The van der Waals surface area contributed by atoms with Crippen molar-refractivity contribution in [2.24, 2.45) is 0 Å². The third-order valence-corrected chi connectivity index (χ3v) is 19.8. The second-order valence-electron chi connectivity index (χ2n) is 23.4. The number of hydrogen-bond acceptors (Lipinski definition) is 10. The third-order valence-electron chi connectivity index (χ3n) is 15.3. The molecule has 12 heteroatoms. The molecule has 2 aromatic rings. The number of allylic oxidation sites excluding steroid dienone is 1. The summed E-state index contributed by atoms with van der Waals surface area (Å²) in [5.74, 6) is -2.26. The van der Waals surface area contributed by atoms with Crippen molar-refractivity contribution >= 4 is 26.2 Å². The van der Waals surface area contributed by atoms with E-state index in [4.69, 9.17) is 32.8 Å². The molecule has 2 aromatic carbocycles. The van der Waals surface area contributed by atoms with Gasteiger partial charge in [-0.2, -0.15) is 0 Å². The van der Waals surface area contributed by atoms with Crippen molar-refractivity contribution in [1.29, 1.82) is 0 Å². The molecule has 75 heavy (non-hydrogen) atoms. The summed E-state index contributed by atoms with van der Waals surface area (Å²) in [6, 6.07) is 16.9. The molecule has 0 saturated carbocycles. The lowest BCUT2D eigenvalue weighted by Crippen LogP contribution is -2.61. The zero-order valence-corrected chi connectivity index (χ0v) is 49.4. The zero-order chi connectivity index (χ0) is 54.4. The summed E-state index contributed by atoms with van der Waals surface area (Å²) in [4.78, 5) is 41.9. The van der Waals surface area contributed by atoms with Gasteiger partial charge in [0.05, 0.1) is 30.4 Å². The number of esters is 2. The number of benzene rings is 2. The fourth-order valence-electron chi connectivity index (χ4n) is 9.68. The SMILES string of the molecule is CCCCCCCCCCCCC/C=C/[C@@H](OC(=O)c1ccccc1)[C@H](CO[C@@H]1O[C@H](CO[Si](C)(C)C(C)(C)C)[C@@H]2OC(C)(C)O[C@@H]2[C@H]1OC(=O)c1ccccc1)NC(=O)CCCCCCCCCCCCCCC. The van der Waals surface area contributed by atoms with Crippen molar-refractivity contribution in [3.8, 4) is 0 Å². The van der Waals surface area contributed by atoms with E-state index in [9.17, 15) is 14.4 Å². The molecule has 7 atom stereocenters. The Kier molecular flexibility index (Phi) is 30.1. The molecule has 1 N–H and O–H groups in total. The van der Waals surface area contributed by atoms with Gasteiger partial charge in [-0.25, -0.2) is 9.59 Å². The van der Waals surface area contributed by atoms with Gasteiger partial charge >= 0.3 is 11.9 Å². The van der Waals surface area contributed by atoms with Gasteiger partial charge in [0.25, 0.3) is 0 Å². The van der Waals surface area contributed by atoms with E-state index in [2.05, 4.69) is 59.1 Å². The average molecular weight is 1060 g/mol. The molecule has 0 spiro atoms. The third kappa shape index (κ3) is 24.4. The highest BCUT2D eigenvalue weighted by atomic mass is 28.4. The predicted octanol–water partition coefficient (Wildman–Crippen LogP) is 15.9. The fraction of sp³-hybridized carbons (Fsp3) is 0.730. The highest BCUT2D eigenvalue weighted by Crippen LogP contribution is 2.42. The van der Waals surface area contributed by atoms with E-state index in [-0.39, 0.29) is 24.2 Å². The Hall–Kier alpha value is -3.39. The van der Waals surface area contributed by atoms with Crippen LogP contribution in [0.5, 0.6) is 0 Å². The minimum Gasteiger partial charge on any atom is -0.452 e. The maximum absolute atomic E-state index is 14.1. The molecule has 11 nitrogen and oxygen atoms in total. The highest BCUT2D eigenvalue weighted by Gasteiger charge is 2.58. The maximum Gasteiger partial charge on any atom is 0.338 e. The first kappa shape index (κ1) is 64.1. The Morgan fingerprint density at radius 2 is 1.12 bits per heavy atom. The summed E-state index contributed by atoms with van der Waals surface area (Å²) >= 11 is 0. The lowest BCUT2D eigenvalue weighted by atomic mass is 9.99. The van der Waals surface area contributed by atoms with Crippen molar-refractivity contribution < 1.29 is 47.2 Å². The maximum atomic E-state index is 14.1. The molecular weight excluding hydrogens is 959 g/mol. The molecule has 2 fully saturated rings. The van der Waals surface area contributed by atoms with E-state index in [0.29, 0.717) is 17.5 Å². The minimum absolute atomic E-state index is 0.0671. The van der Waals surface area contributed by atoms with Crippen molar-refractivity contribution in [2.75, 3.05) is 13.2 Å². The topological polar surface area (TPSA) is 128 Å². The summed E-state index contributed by atoms with van der Waals surface area (Å²) in [5.41, 5.74) is 0.767. The highest BCUT2D eigenvalue weighted by molar-refractivity contribution is 6.74. The van der Waals surface area contributed by atoms with Gasteiger partial charge in [-0.15, -0.1) is 0 Å². The van der Waals surface area contributed by atoms with Gasteiger partial charge < -0.3 is 38.2 Å². The monoisotopic (exact) mass is 1060 g/mol. The Labute approximate surface area is 456 Å². The van der Waals surface area contributed by atoms with E-state index >= 15 is 0 Å². The van der Waals surface area contributed by atoms with E-state index in [1.165, 1.54) is 122 Å². The molecule has 0 aliphatic carbocycles. The Morgan fingerprint density at radius 1 is 0.653 bits per heavy atom. The van der Waals surface area contributed by atoms with Crippen LogP contribution in [-0.2, 0) is 37.6 Å². The van der Waals surface area contributed by atoms with E-state index in [1.54, 1.807) is 48.5 Å². The van der Waals surface area contributed by atoms with Gasteiger partial charge in [0.1, 0.15) is 24.4 Å². The van der Waals surface area contributed by atoms with Crippen LogP contribution in [0.15, 0.2) is 72.8 Å². The molecule has 0 bridgehead atoms. The first-order chi connectivity index (χ1) is 36.0. The van der Waals surface area contributed by atoms with Crippen molar-refractivity contribution in [3.05, 3.63) is 83.9 Å². The van der Waals surface area contributed by atoms with Gasteiger partial charge in [-0.3, -0.25) is 4.79 Å². The van der Waals surface area contributed by atoms with Gasteiger partial charge in [0.15, 0.2) is 26.5 Å². The number of carbonyl (C=O) groups excluding carboxylic acids is 3. The smallest absolute Gasteiger partial charge is 0.338 e. The molecule has 4 rings (SSSR count). The van der Waals surface area contributed by atoms with Crippen LogP contribution in [-0.4, -0.2) is 88.0 Å². The standard InChI is InChI=1S/C63H103NO10Si/c1-10-12-14-16-18-20-22-24-26-28-30-32-40-46-53(70-59(66)50-42-36-34-37-43-50)52(64-55(65)47-41-33-31-29-27-25-23-21-19-17-15-13-11-2)48-68-61-58(72-60(67)51-44-38-35-39-45-51)57-56(73-63(6,7)74-57)54(71-61)49-69-75(8,9)62(3,4)5/h34-40,42-46,52-54,56-58,61H,10-33,41,47-49H2,1-9H3,(H,64,65)/b46-40+/t52-,53+,54+,56-,57-,58+,61+/m0/s1. The molecule has 424 valence electrons. The molecule has 2 saturated heterocycles. The summed E-state index contributed by atoms with van der Waals surface area (Å²) in [6.45, 7) is 19.2. The Bertz CT molecular complexity index is 1890. The number of amides is 1. The van der Waals surface area contributed by atoms with E-state index in [1.807, 2.05) is 32.1 Å². The minimum atomic E-state index is -2.26. The number of unbranched alkanes of at least 4 members (excludes halogenated alkanes) is 23. The van der Waals surface area contributed by atoms with E-state index in [0.717, 1.165) is 38.5 Å². The summed E-state index contributed by atoms with van der Waals surface area (Å²) in [6.07, 6.45) is 29.4. The van der Waals surface area contributed by atoms with Crippen LogP contribution >= 0.6 is 0 Å². The lowest BCUT2D eigenvalue weighted by Gasteiger charge is -2.43. The van der Waals surface area contributed by atoms with Crippen molar-refractivity contribution in [3.63, 3.8) is 0 Å². The quantitative estimate of drug-likeness (QED) is 0.0299. The Balaban J connectivity index is 1.55. The predicted molar refractivity (Wildman–Crippen MR) is 305 cm³/mol. The molecule has 0 unspecified atom stereocenters. The number of fused-ring (bicyclic) bond motifs is 1. The molecular formula is C63H103NO10Si. The number of ether oxygens (including phenoxy) is 6. The molecule has 1 amide bonds. The molecule has 2 aliphatic heterocycles. The van der Waals surface area contributed by atoms with Crippen molar-refractivity contribution in [1.82, 2.24) is 5.32 Å². The Morgan fingerprint density at radius 3 is 1.63 bits per heavy atom. The van der Waals surface area contributed by atoms with Gasteiger partial charge in [-0.1, -0.05) is 218 Å². The summed E-state index contributed by atoms with van der Waals surface area (Å²) < 4.78 is 46.1. The van der Waals surface area contributed by atoms with Gasteiger partial charge in [0, 0.05) is 6.42 Å². The van der Waals surface area contributed by atoms with Crippen molar-refractivity contribution in [2.45, 2.75) is 282 Å². The number of carbonyl (C=O) groups is 3. The first-order valence-electron chi connectivity index (χ1n) is 29.8. The largest absolute Gasteiger partial charge is 0.452 e. The number of rotatable bonds is 39. The molecule has 2 heterocycles. The van der Waals surface area contributed by atoms with Crippen LogP contribution in [0.2, 0.25) is 18.1 Å². The second-order valence-corrected chi connectivity index (χ2v) is 28.2. The van der Waals surface area contributed by atoms with Gasteiger partial charge in [-0.05, 0) is 81.6 Å². The van der Waals surface area contributed by atoms with Crippen LogP contribution < -0.4 is 5.32 Å². The van der Waals surface area contributed by atoms with Crippen LogP contribution in [0.4, 0.5) is 0 Å². The second kappa shape index (κ2) is 35.2. The molecule has 0 aromatic heterocycles. The summed E-state index contributed by atoms with van der Waals surface area (Å²) in [7, 11) is -2.26. The number of nitrogens with one attached hydrogen (secondary N) is 1. The van der Waals surface area contributed by atoms with Gasteiger partial charge in [0.2, 0.25) is 5.91 Å². The first-order valence-corrected chi connectivity index (χ1v) is 32.7. The normalized spacial score (nSPS) is 20.4. The average Bonchev–Trinajstić information content (AvgIpc) is 3.72. The number of hydrogen-bond donors (Lipinski definition) is 1. The zero-order valence-electron chi connectivity index (χ0n) is 48.4. The molecule has 0 radical (unpaired) electrons. The van der Waals surface area contributed by atoms with Crippen LogP contribution in [0.1, 0.15) is 236 Å². The lowest BCUT2D eigenvalue weighted by molar-refractivity contribution is -0.282. The summed E-state index contributed by atoms with van der Waals surface area (Å²) in [5, 5.41) is 3.17. The van der Waals surface area contributed by atoms with E-state index < -0.39 is 68.9 Å². The fourth-order valence-corrected chi connectivity index (χ4v) is 10.7. The molecule has 2 aliphatic rings. The van der Waals surface area contributed by atoms with Crippen LogP contribution in [0, 0.1) is 0 Å². The van der Waals surface area contributed by atoms with Crippen LogP contribution in [0.25, 0.3) is 0 Å².